The lowest BCUT2D eigenvalue weighted by Gasteiger charge is -2.12. The van der Waals surface area contributed by atoms with Gasteiger partial charge in [-0.05, 0) is 48.4 Å². The van der Waals surface area contributed by atoms with E-state index in [1.807, 2.05) is 13.8 Å². The largest absolute Gasteiger partial charge is 0.462 e. The third-order valence-electron chi connectivity index (χ3n) is 4.12. The molecule has 0 saturated heterocycles. The Morgan fingerprint density at radius 1 is 1.09 bits per heavy atom. The number of nitrogens with zero attached hydrogens (tertiary/aromatic N) is 3. The molecule has 0 unspecified atom stereocenters. The SMILES string of the molecule is CC(C)COC(=O)c1ccc(Nc2ncnc(Nc3cc(Cl)ccc3Cl)c2[N+](=O)[O-])cc1. The minimum absolute atomic E-state index is 0.0409. The lowest BCUT2D eigenvalue weighted by atomic mass is 10.2. The summed E-state index contributed by atoms with van der Waals surface area (Å²) in [5.74, 6) is -0.322. The Balaban J connectivity index is 1.84. The van der Waals surface area contributed by atoms with Crippen LogP contribution in [0.25, 0.3) is 0 Å². The van der Waals surface area contributed by atoms with Crippen molar-refractivity contribution in [1.29, 1.82) is 0 Å². The first-order valence-electron chi connectivity index (χ1n) is 9.50. The molecule has 166 valence electrons. The molecule has 1 aromatic heterocycles. The number of carbonyl (C=O) groups excluding carboxylic acids is 1. The molecule has 0 radical (unpaired) electrons. The monoisotopic (exact) mass is 475 g/mol. The summed E-state index contributed by atoms with van der Waals surface area (Å²) in [5, 5.41) is 18.2. The second-order valence-corrected chi connectivity index (χ2v) is 7.96. The van der Waals surface area contributed by atoms with Crippen molar-refractivity contribution in [2.45, 2.75) is 13.8 Å². The average molecular weight is 476 g/mol. The molecule has 0 bridgehead atoms. The number of hydrogen-bond acceptors (Lipinski definition) is 8. The van der Waals surface area contributed by atoms with E-state index in [1.165, 1.54) is 12.4 Å². The fourth-order valence-corrected chi connectivity index (χ4v) is 2.94. The number of ether oxygens (including phenoxy) is 1. The van der Waals surface area contributed by atoms with Crippen LogP contribution in [0.2, 0.25) is 10.0 Å². The molecular formula is C21H19Cl2N5O4. The van der Waals surface area contributed by atoms with Crippen LogP contribution in [0.4, 0.5) is 28.7 Å². The molecule has 11 heteroatoms. The van der Waals surface area contributed by atoms with E-state index in [1.54, 1.807) is 36.4 Å². The van der Waals surface area contributed by atoms with Gasteiger partial charge in [-0.2, -0.15) is 0 Å². The number of esters is 1. The number of rotatable bonds is 8. The van der Waals surface area contributed by atoms with Gasteiger partial charge >= 0.3 is 11.7 Å². The van der Waals surface area contributed by atoms with Crippen LogP contribution in [-0.2, 0) is 4.74 Å². The molecule has 9 nitrogen and oxygen atoms in total. The lowest BCUT2D eigenvalue weighted by molar-refractivity contribution is -0.383. The number of nitro groups is 1. The maximum atomic E-state index is 12.1. The Kier molecular flexibility index (Phi) is 7.45. The summed E-state index contributed by atoms with van der Waals surface area (Å²) < 4.78 is 5.19. The van der Waals surface area contributed by atoms with Gasteiger partial charge in [-0.15, -0.1) is 0 Å². The first-order chi connectivity index (χ1) is 15.2. The Morgan fingerprint density at radius 3 is 2.38 bits per heavy atom. The van der Waals surface area contributed by atoms with Crippen molar-refractivity contribution in [1.82, 2.24) is 9.97 Å². The van der Waals surface area contributed by atoms with Crippen LogP contribution in [0.5, 0.6) is 0 Å². The van der Waals surface area contributed by atoms with E-state index in [0.29, 0.717) is 33.6 Å². The standard InChI is InChI=1S/C21H19Cl2N5O4/c1-12(2)10-32-21(29)13-3-6-15(7-4-13)26-19-18(28(30)31)20(25-11-24-19)27-17-9-14(22)5-8-16(17)23/h3-9,11-12H,10H2,1-2H3,(H2,24,25,26,27). The smallest absolute Gasteiger partial charge is 0.353 e. The highest BCUT2D eigenvalue weighted by molar-refractivity contribution is 6.35. The number of benzene rings is 2. The number of carbonyl (C=O) groups is 1. The first-order valence-corrected chi connectivity index (χ1v) is 10.3. The third kappa shape index (κ3) is 5.83. The van der Waals surface area contributed by atoms with E-state index < -0.39 is 10.9 Å². The highest BCUT2D eigenvalue weighted by Crippen LogP contribution is 2.35. The summed E-state index contributed by atoms with van der Waals surface area (Å²) in [7, 11) is 0. The zero-order valence-electron chi connectivity index (χ0n) is 17.1. The van der Waals surface area contributed by atoms with Crippen molar-refractivity contribution >= 4 is 57.9 Å². The van der Waals surface area contributed by atoms with E-state index >= 15 is 0 Å². The van der Waals surface area contributed by atoms with Gasteiger partial charge in [0.25, 0.3) is 0 Å². The van der Waals surface area contributed by atoms with Crippen LogP contribution < -0.4 is 10.6 Å². The van der Waals surface area contributed by atoms with Crippen LogP contribution in [0, 0.1) is 16.0 Å². The third-order valence-corrected chi connectivity index (χ3v) is 4.68. The van der Waals surface area contributed by atoms with Gasteiger partial charge in [0.15, 0.2) is 0 Å². The summed E-state index contributed by atoms with van der Waals surface area (Å²) in [4.78, 5) is 31.2. The minimum atomic E-state index is -0.610. The fraction of sp³-hybridized carbons (Fsp3) is 0.190. The van der Waals surface area contributed by atoms with Crippen LogP contribution >= 0.6 is 23.2 Å². The van der Waals surface area contributed by atoms with Crippen LogP contribution in [0.1, 0.15) is 24.2 Å². The van der Waals surface area contributed by atoms with Crippen LogP contribution in [0.3, 0.4) is 0 Å². The van der Waals surface area contributed by atoms with Gasteiger partial charge in [0, 0.05) is 10.7 Å². The summed E-state index contributed by atoms with van der Waals surface area (Å²) in [6.45, 7) is 4.20. The minimum Gasteiger partial charge on any atom is -0.462 e. The number of hydrogen-bond donors (Lipinski definition) is 2. The Morgan fingerprint density at radius 2 is 1.75 bits per heavy atom. The molecule has 0 aliphatic carbocycles. The number of nitrogens with one attached hydrogen (secondary N) is 2. The summed E-state index contributed by atoms with van der Waals surface area (Å²) in [6, 6.07) is 11.0. The molecule has 32 heavy (non-hydrogen) atoms. The zero-order chi connectivity index (χ0) is 23.3. The van der Waals surface area contributed by atoms with Crippen molar-refractivity contribution in [3.63, 3.8) is 0 Å². The first kappa shape index (κ1) is 23.2. The molecule has 0 amide bonds. The quantitative estimate of drug-likeness (QED) is 0.231. The van der Waals surface area contributed by atoms with E-state index in [9.17, 15) is 14.9 Å². The molecule has 0 spiro atoms. The maximum Gasteiger partial charge on any atom is 0.353 e. The molecule has 0 aliphatic heterocycles. The Bertz CT molecular complexity index is 1140. The molecule has 0 fully saturated rings. The van der Waals surface area contributed by atoms with E-state index in [4.69, 9.17) is 27.9 Å². The second-order valence-electron chi connectivity index (χ2n) is 7.12. The van der Waals surface area contributed by atoms with Crippen LogP contribution in [0.15, 0.2) is 48.8 Å². The molecule has 3 rings (SSSR count). The predicted octanol–water partition coefficient (Wildman–Crippen LogP) is 5.99. The average Bonchev–Trinajstić information content (AvgIpc) is 2.75. The van der Waals surface area contributed by atoms with Gasteiger partial charge in [0.2, 0.25) is 11.6 Å². The van der Waals surface area contributed by atoms with Crippen molar-refractivity contribution in [2.24, 2.45) is 5.92 Å². The fourth-order valence-electron chi connectivity index (χ4n) is 2.61. The predicted molar refractivity (Wildman–Crippen MR) is 123 cm³/mol. The molecule has 2 aromatic carbocycles. The van der Waals surface area contributed by atoms with Crippen molar-refractivity contribution in [2.75, 3.05) is 17.2 Å². The van der Waals surface area contributed by atoms with Gasteiger partial charge in [-0.25, -0.2) is 14.8 Å². The maximum absolute atomic E-state index is 12.1. The Hall–Kier alpha value is -3.43. The lowest BCUT2D eigenvalue weighted by Crippen LogP contribution is -2.10. The highest BCUT2D eigenvalue weighted by Gasteiger charge is 2.24. The van der Waals surface area contributed by atoms with Gasteiger partial charge in [0.1, 0.15) is 6.33 Å². The zero-order valence-corrected chi connectivity index (χ0v) is 18.6. The Labute approximate surface area is 193 Å². The number of halogens is 2. The van der Waals surface area contributed by atoms with Crippen molar-refractivity contribution < 1.29 is 14.5 Å². The van der Waals surface area contributed by atoms with E-state index in [0.717, 1.165) is 0 Å². The van der Waals surface area contributed by atoms with Crippen LogP contribution in [-0.4, -0.2) is 27.5 Å². The van der Waals surface area contributed by atoms with Gasteiger partial charge in [0.05, 0.1) is 27.8 Å². The molecule has 3 aromatic rings. The summed E-state index contributed by atoms with van der Waals surface area (Å²) >= 11 is 12.1. The number of aromatic nitrogens is 2. The molecule has 0 atom stereocenters. The van der Waals surface area contributed by atoms with Gasteiger partial charge in [-0.1, -0.05) is 37.0 Å². The topological polar surface area (TPSA) is 119 Å². The molecule has 0 saturated carbocycles. The molecule has 2 N–H and O–H groups in total. The van der Waals surface area contributed by atoms with Gasteiger partial charge in [-0.3, -0.25) is 10.1 Å². The molecule has 1 heterocycles. The van der Waals surface area contributed by atoms with E-state index in [-0.39, 0.29) is 23.2 Å². The van der Waals surface area contributed by atoms with Gasteiger partial charge < -0.3 is 15.4 Å². The van der Waals surface area contributed by atoms with E-state index in [2.05, 4.69) is 20.6 Å². The summed E-state index contributed by atoms with van der Waals surface area (Å²) in [6.07, 6.45) is 1.17. The molecule has 0 aliphatic rings. The normalized spacial score (nSPS) is 10.7. The van der Waals surface area contributed by atoms with Crippen molar-refractivity contribution in [3.05, 3.63) is 74.5 Å². The number of anilines is 4. The highest BCUT2D eigenvalue weighted by atomic mass is 35.5. The molecular weight excluding hydrogens is 457 g/mol. The van der Waals surface area contributed by atoms with Crippen molar-refractivity contribution in [3.8, 4) is 0 Å². The summed E-state index contributed by atoms with van der Waals surface area (Å²) in [5.41, 5.74) is 0.824. The second kappa shape index (κ2) is 10.3.